The highest BCUT2D eigenvalue weighted by Crippen LogP contribution is 2.32. The molecular formula is C16H17ClN2OS. The first-order valence-corrected chi connectivity index (χ1v) is 8.44. The lowest BCUT2D eigenvalue weighted by atomic mass is 10.1. The maximum absolute atomic E-state index is 6.12. The number of hydrogen-bond donors (Lipinski definition) is 0. The second kappa shape index (κ2) is 6.08. The van der Waals surface area contributed by atoms with E-state index in [0.29, 0.717) is 12.5 Å². The predicted octanol–water partition coefficient (Wildman–Crippen LogP) is 4.84. The summed E-state index contributed by atoms with van der Waals surface area (Å²) in [5, 5.41) is 4.26. The number of hydrogen-bond acceptors (Lipinski definition) is 3. The second-order valence-electron chi connectivity index (χ2n) is 4.82. The molecule has 110 valence electrons. The predicted molar refractivity (Wildman–Crippen MR) is 88.6 cm³/mol. The van der Waals surface area contributed by atoms with Crippen molar-refractivity contribution in [1.29, 1.82) is 0 Å². The number of benzene rings is 1. The first kappa shape index (κ1) is 14.4. The van der Waals surface area contributed by atoms with E-state index in [2.05, 4.69) is 34.4 Å². The molecule has 3 nitrogen and oxygen atoms in total. The van der Waals surface area contributed by atoms with Crippen LogP contribution in [0.3, 0.4) is 0 Å². The van der Waals surface area contributed by atoms with Crippen LogP contribution in [0.5, 0.6) is 5.75 Å². The van der Waals surface area contributed by atoms with E-state index in [4.69, 9.17) is 21.3 Å². The molecule has 0 aliphatic carbocycles. The molecule has 0 N–H and O–H groups in total. The van der Waals surface area contributed by atoms with Crippen LogP contribution in [0.4, 0.5) is 0 Å². The Bertz CT molecular complexity index is 736. The van der Waals surface area contributed by atoms with Gasteiger partial charge in [-0.05, 0) is 48.4 Å². The summed E-state index contributed by atoms with van der Waals surface area (Å²) in [6.45, 7) is 4.78. The Labute approximate surface area is 133 Å². The lowest BCUT2D eigenvalue weighted by Gasteiger charge is -2.16. The van der Waals surface area contributed by atoms with Gasteiger partial charge in [0.1, 0.15) is 17.1 Å². The summed E-state index contributed by atoms with van der Waals surface area (Å²) in [5.41, 5.74) is 3.22. The minimum Gasteiger partial charge on any atom is -0.492 e. The smallest absolute Gasteiger partial charge is 0.147 e. The summed E-state index contributed by atoms with van der Waals surface area (Å²) in [7, 11) is 0. The van der Waals surface area contributed by atoms with E-state index < -0.39 is 0 Å². The Balaban J connectivity index is 2.19. The van der Waals surface area contributed by atoms with Gasteiger partial charge in [0.05, 0.1) is 24.0 Å². The Hall–Kier alpha value is -1.52. The standard InChI is InChI=1S/C16H17ClN2OS/c1-3-20-14-6-4-5-13-16(14)18-15(9-17)19(13)11(2)12-7-8-21-10-12/h4-8,10-11H,3,9H2,1-2H3. The molecule has 0 bridgehead atoms. The molecule has 1 aromatic carbocycles. The zero-order valence-electron chi connectivity index (χ0n) is 12.0. The van der Waals surface area contributed by atoms with Gasteiger partial charge in [-0.2, -0.15) is 11.3 Å². The molecule has 0 saturated carbocycles. The molecule has 3 aromatic rings. The third-order valence-electron chi connectivity index (χ3n) is 3.59. The average molecular weight is 321 g/mol. The van der Waals surface area contributed by atoms with Gasteiger partial charge in [0.25, 0.3) is 0 Å². The van der Waals surface area contributed by atoms with Gasteiger partial charge in [-0.25, -0.2) is 4.98 Å². The largest absolute Gasteiger partial charge is 0.492 e. The van der Waals surface area contributed by atoms with E-state index in [-0.39, 0.29) is 6.04 Å². The van der Waals surface area contributed by atoms with Gasteiger partial charge in [-0.3, -0.25) is 0 Å². The number of imidazole rings is 1. The van der Waals surface area contributed by atoms with E-state index in [1.54, 1.807) is 11.3 Å². The second-order valence-corrected chi connectivity index (χ2v) is 5.87. The maximum Gasteiger partial charge on any atom is 0.147 e. The van der Waals surface area contributed by atoms with Crippen LogP contribution in [-0.2, 0) is 5.88 Å². The zero-order valence-corrected chi connectivity index (χ0v) is 13.6. The molecule has 3 rings (SSSR count). The number of ether oxygens (including phenoxy) is 1. The number of para-hydroxylation sites is 1. The molecule has 1 atom stereocenters. The van der Waals surface area contributed by atoms with Crippen molar-refractivity contribution in [2.24, 2.45) is 0 Å². The highest BCUT2D eigenvalue weighted by atomic mass is 35.5. The zero-order chi connectivity index (χ0) is 14.8. The Morgan fingerprint density at radius 1 is 1.38 bits per heavy atom. The van der Waals surface area contributed by atoms with Crippen molar-refractivity contribution in [2.45, 2.75) is 25.8 Å². The van der Waals surface area contributed by atoms with Gasteiger partial charge >= 0.3 is 0 Å². The van der Waals surface area contributed by atoms with E-state index in [1.807, 2.05) is 19.1 Å². The van der Waals surface area contributed by atoms with Gasteiger partial charge < -0.3 is 9.30 Å². The lowest BCUT2D eigenvalue weighted by Crippen LogP contribution is -2.09. The summed E-state index contributed by atoms with van der Waals surface area (Å²) < 4.78 is 7.89. The van der Waals surface area contributed by atoms with Crippen molar-refractivity contribution in [1.82, 2.24) is 9.55 Å². The number of alkyl halides is 1. The lowest BCUT2D eigenvalue weighted by molar-refractivity contribution is 0.343. The highest BCUT2D eigenvalue weighted by Gasteiger charge is 2.19. The molecule has 0 saturated heterocycles. The maximum atomic E-state index is 6.12. The van der Waals surface area contributed by atoms with Crippen LogP contribution in [0.1, 0.15) is 31.3 Å². The SMILES string of the molecule is CCOc1cccc2c1nc(CCl)n2C(C)c1ccsc1. The van der Waals surface area contributed by atoms with Crippen LogP contribution in [0.15, 0.2) is 35.0 Å². The molecule has 0 aliphatic rings. The summed E-state index contributed by atoms with van der Waals surface area (Å²) >= 11 is 7.82. The molecule has 5 heteroatoms. The molecule has 2 heterocycles. The third-order valence-corrected chi connectivity index (χ3v) is 4.53. The quantitative estimate of drug-likeness (QED) is 0.629. The minimum absolute atomic E-state index is 0.201. The fourth-order valence-electron chi connectivity index (χ4n) is 2.60. The van der Waals surface area contributed by atoms with Crippen molar-refractivity contribution in [3.63, 3.8) is 0 Å². The average Bonchev–Trinajstić information content (AvgIpc) is 3.14. The molecule has 0 amide bonds. The van der Waals surface area contributed by atoms with Crippen LogP contribution >= 0.6 is 22.9 Å². The highest BCUT2D eigenvalue weighted by molar-refractivity contribution is 7.07. The number of rotatable bonds is 5. The molecule has 0 spiro atoms. The van der Waals surface area contributed by atoms with Crippen molar-refractivity contribution >= 4 is 34.0 Å². The molecule has 2 aromatic heterocycles. The Morgan fingerprint density at radius 3 is 2.90 bits per heavy atom. The molecule has 1 unspecified atom stereocenters. The number of nitrogens with zero attached hydrogens (tertiary/aromatic N) is 2. The van der Waals surface area contributed by atoms with Gasteiger partial charge in [0.2, 0.25) is 0 Å². The van der Waals surface area contributed by atoms with Crippen molar-refractivity contribution < 1.29 is 4.74 Å². The summed E-state index contributed by atoms with van der Waals surface area (Å²) in [6.07, 6.45) is 0. The fraction of sp³-hybridized carbons (Fsp3) is 0.312. The van der Waals surface area contributed by atoms with Crippen LogP contribution in [0.25, 0.3) is 11.0 Å². The van der Waals surface area contributed by atoms with E-state index in [0.717, 1.165) is 22.6 Å². The molecule has 0 radical (unpaired) electrons. The third kappa shape index (κ3) is 2.54. The summed E-state index contributed by atoms with van der Waals surface area (Å²) in [6, 6.07) is 8.38. The molecule has 0 fully saturated rings. The van der Waals surface area contributed by atoms with Crippen molar-refractivity contribution in [3.05, 3.63) is 46.4 Å². The normalized spacial score (nSPS) is 12.7. The van der Waals surface area contributed by atoms with Gasteiger partial charge in [-0.15, -0.1) is 11.6 Å². The summed E-state index contributed by atoms with van der Waals surface area (Å²) in [4.78, 5) is 4.69. The van der Waals surface area contributed by atoms with Gasteiger partial charge in [0.15, 0.2) is 0 Å². The first-order valence-electron chi connectivity index (χ1n) is 6.97. The number of aromatic nitrogens is 2. The number of fused-ring (bicyclic) bond motifs is 1. The summed E-state index contributed by atoms with van der Waals surface area (Å²) in [5.74, 6) is 2.07. The van der Waals surface area contributed by atoms with Crippen LogP contribution in [0.2, 0.25) is 0 Å². The monoisotopic (exact) mass is 320 g/mol. The van der Waals surface area contributed by atoms with Crippen LogP contribution in [0, 0.1) is 0 Å². The Morgan fingerprint density at radius 2 is 2.24 bits per heavy atom. The van der Waals surface area contributed by atoms with Crippen molar-refractivity contribution in [2.75, 3.05) is 6.61 Å². The number of halogens is 1. The molecular weight excluding hydrogens is 304 g/mol. The van der Waals surface area contributed by atoms with E-state index in [1.165, 1.54) is 5.56 Å². The first-order chi connectivity index (χ1) is 10.3. The van der Waals surface area contributed by atoms with Crippen LogP contribution < -0.4 is 4.74 Å². The minimum atomic E-state index is 0.201. The van der Waals surface area contributed by atoms with E-state index in [9.17, 15) is 0 Å². The van der Waals surface area contributed by atoms with E-state index >= 15 is 0 Å². The number of thiophene rings is 1. The molecule has 21 heavy (non-hydrogen) atoms. The van der Waals surface area contributed by atoms with Gasteiger partial charge in [-0.1, -0.05) is 6.07 Å². The van der Waals surface area contributed by atoms with Crippen molar-refractivity contribution in [3.8, 4) is 5.75 Å². The van der Waals surface area contributed by atoms with Gasteiger partial charge in [0, 0.05) is 0 Å². The van der Waals surface area contributed by atoms with Crippen LogP contribution in [-0.4, -0.2) is 16.2 Å². The molecule has 0 aliphatic heterocycles. The topological polar surface area (TPSA) is 27.1 Å². The Kier molecular flexibility index (Phi) is 4.17. The fourth-order valence-corrected chi connectivity index (χ4v) is 3.54.